The van der Waals surface area contributed by atoms with Gasteiger partial charge in [0.2, 0.25) is 4.75 Å². The first kappa shape index (κ1) is 13.3. The minimum absolute atomic E-state index is 0.644. The third kappa shape index (κ3) is 3.57. The summed E-state index contributed by atoms with van der Waals surface area (Å²) in [6.07, 6.45) is 0. The van der Waals surface area contributed by atoms with Gasteiger partial charge in [-0.25, -0.2) is 9.59 Å². The fourth-order valence-corrected chi connectivity index (χ4v) is 0.796. The van der Waals surface area contributed by atoms with E-state index in [0.717, 1.165) is 0 Å². The van der Waals surface area contributed by atoms with E-state index >= 15 is 0 Å². The molecule has 0 N–H and O–H groups in total. The molecule has 0 saturated carbocycles. The lowest BCUT2D eigenvalue weighted by molar-refractivity contribution is -0.164. The van der Waals surface area contributed by atoms with E-state index in [1.165, 1.54) is 14.0 Å². The Kier molecular flexibility index (Phi) is 4.00. The van der Waals surface area contributed by atoms with Crippen molar-refractivity contribution >= 4 is 24.6 Å². The molecule has 0 saturated heterocycles. The van der Waals surface area contributed by atoms with Gasteiger partial charge in [-0.15, -0.1) is 12.6 Å². The zero-order valence-electron chi connectivity index (χ0n) is 9.08. The zero-order valence-corrected chi connectivity index (χ0v) is 9.97. The first-order chi connectivity index (χ1) is 6.11. The van der Waals surface area contributed by atoms with Crippen LogP contribution in [0.4, 0.5) is 0 Å². The summed E-state index contributed by atoms with van der Waals surface area (Å²) in [6, 6.07) is 0. The topological polar surface area (TPSA) is 52.6 Å². The largest absolute Gasteiger partial charge is 0.468 e. The van der Waals surface area contributed by atoms with Gasteiger partial charge < -0.3 is 9.47 Å². The van der Waals surface area contributed by atoms with Crippen LogP contribution in [0.5, 0.6) is 0 Å². The molecule has 14 heavy (non-hydrogen) atoms. The van der Waals surface area contributed by atoms with Gasteiger partial charge in [-0.2, -0.15) is 0 Å². The third-order valence-electron chi connectivity index (χ3n) is 1.38. The Hall–Kier alpha value is -0.710. The van der Waals surface area contributed by atoms with E-state index in [9.17, 15) is 9.59 Å². The van der Waals surface area contributed by atoms with Crippen molar-refractivity contribution in [3.05, 3.63) is 0 Å². The van der Waals surface area contributed by atoms with Gasteiger partial charge in [0.1, 0.15) is 5.60 Å². The smallest absolute Gasteiger partial charge is 0.333 e. The molecule has 0 radical (unpaired) electrons. The van der Waals surface area contributed by atoms with Crippen LogP contribution in [0.2, 0.25) is 0 Å². The van der Waals surface area contributed by atoms with E-state index in [4.69, 9.17) is 4.74 Å². The average molecular weight is 220 g/mol. The summed E-state index contributed by atoms with van der Waals surface area (Å²) < 4.78 is 7.89. The van der Waals surface area contributed by atoms with Crippen LogP contribution < -0.4 is 0 Å². The fourth-order valence-electron chi connectivity index (χ4n) is 0.660. The van der Waals surface area contributed by atoms with Crippen molar-refractivity contribution in [3.63, 3.8) is 0 Å². The normalized spacial score (nSPS) is 15.6. The predicted octanol–water partition coefficient (Wildman–Crippen LogP) is 1.19. The summed E-state index contributed by atoms with van der Waals surface area (Å²) in [5.41, 5.74) is -0.644. The molecule has 0 aliphatic heterocycles. The number of carbonyl (C=O) groups excluding carboxylic acids is 2. The zero-order chi connectivity index (χ0) is 11.6. The van der Waals surface area contributed by atoms with Crippen LogP contribution in [-0.2, 0) is 19.1 Å². The average Bonchev–Trinajstić information content (AvgIpc) is 1.99. The number of methoxy groups -OCH3 is 1. The highest BCUT2D eigenvalue weighted by Gasteiger charge is 2.42. The van der Waals surface area contributed by atoms with Crippen molar-refractivity contribution in [2.24, 2.45) is 0 Å². The van der Waals surface area contributed by atoms with Crippen molar-refractivity contribution in [2.45, 2.75) is 38.0 Å². The number of esters is 2. The molecule has 5 heteroatoms. The standard InChI is InChI=1S/C9H16O4S/c1-8(2,3)13-7(11)9(4,14)6(10)12-5/h14H,1-5H3. The van der Waals surface area contributed by atoms with E-state index in [0.29, 0.717) is 0 Å². The van der Waals surface area contributed by atoms with Crippen molar-refractivity contribution in [2.75, 3.05) is 7.11 Å². The molecule has 0 amide bonds. The molecule has 82 valence electrons. The fraction of sp³-hybridized carbons (Fsp3) is 0.778. The number of carbonyl (C=O) groups is 2. The van der Waals surface area contributed by atoms with Crippen LogP contribution in [-0.4, -0.2) is 29.4 Å². The Bertz CT molecular complexity index is 240. The minimum Gasteiger partial charge on any atom is -0.468 e. The summed E-state index contributed by atoms with van der Waals surface area (Å²) in [5.74, 6) is -1.43. The molecule has 0 aliphatic rings. The lowest BCUT2D eigenvalue weighted by atomic mass is 10.1. The van der Waals surface area contributed by atoms with E-state index in [-0.39, 0.29) is 0 Å². The van der Waals surface area contributed by atoms with Gasteiger partial charge in [0.05, 0.1) is 7.11 Å². The molecule has 0 heterocycles. The molecule has 0 aliphatic carbocycles. The van der Waals surface area contributed by atoms with Gasteiger partial charge in [-0.05, 0) is 27.7 Å². The molecule has 0 aromatic rings. The quantitative estimate of drug-likeness (QED) is 0.431. The van der Waals surface area contributed by atoms with Crippen LogP contribution >= 0.6 is 12.6 Å². The minimum atomic E-state index is -1.55. The molecular weight excluding hydrogens is 204 g/mol. The highest BCUT2D eigenvalue weighted by molar-refractivity contribution is 7.83. The van der Waals surface area contributed by atoms with Crippen LogP contribution in [0.1, 0.15) is 27.7 Å². The Labute approximate surface area is 89.4 Å². The highest BCUT2D eigenvalue weighted by atomic mass is 32.1. The number of ether oxygens (including phenoxy) is 2. The number of hydrogen-bond acceptors (Lipinski definition) is 5. The second kappa shape index (κ2) is 4.21. The Morgan fingerprint density at radius 3 is 1.79 bits per heavy atom. The van der Waals surface area contributed by atoms with Crippen molar-refractivity contribution in [1.82, 2.24) is 0 Å². The summed E-state index contributed by atoms with van der Waals surface area (Å²) in [5, 5.41) is 0. The van der Waals surface area contributed by atoms with E-state index in [1.807, 2.05) is 0 Å². The maximum atomic E-state index is 11.5. The summed E-state index contributed by atoms with van der Waals surface area (Å²) >= 11 is 3.92. The summed E-state index contributed by atoms with van der Waals surface area (Å²) in [4.78, 5) is 22.6. The van der Waals surface area contributed by atoms with Crippen molar-refractivity contribution in [1.29, 1.82) is 0 Å². The van der Waals surface area contributed by atoms with E-state index in [2.05, 4.69) is 17.4 Å². The molecular formula is C9H16O4S. The second-order valence-electron chi connectivity index (χ2n) is 4.07. The summed E-state index contributed by atoms with van der Waals surface area (Å²) in [6.45, 7) is 6.49. The highest BCUT2D eigenvalue weighted by Crippen LogP contribution is 2.21. The first-order valence-electron chi connectivity index (χ1n) is 4.15. The van der Waals surface area contributed by atoms with Gasteiger partial charge in [0, 0.05) is 0 Å². The van der Waals surface area contributed by atoms with Crippen LogP contribution in [0.3, 0.4) is 0 Å². The van der Waals surface area contributed by atoms with Gasteiger partial charge in [-0.3, -0.25) is 0 Å². The maximum Gasteiger partial charge on any atom is 0.333 e. The van der Waals surface area contributed by atoms with Gasteiger partial charge >= 0.3 is 11.9 Å². The van der Waals surface area contributed by atoms with Gasteiger partial charge in [0.15, 0.2) is 0 Å². The Morgan fingerprint density at radius 2 is 1.50 bits per heavy atom. The van der Waals surface area contributed by atoms with Crippen LogP contribution in [0, 0.1) is 0 Å². The molecule has 0 aromatic carbocycles. The second-order valence-corrected chi connectivity index (χ2v) is 4.96. The molecule has 0 spiro atoms. The lowest BCUT2D eigenvalue weighted by Gasteiger charge is -2.25. The molecule has 4 nitrogen and oxygen atoms in total. The van der Waals surface area contributed by atoms with Gasteiger partial charge in [0.25, 0.3) is 0 Å². The monoisotopic (exact) mass is 220 g/mol. The molecule has 0 rings (SSSR count). The Morgan fingerprint density at radius 1 is 1.07 bits per heavy atom. The molecule has 0 bridgehead atoms. The molecule has 1 unspecified atom stereocenters. The van der Waals surface area contributed by atoms with Crippen LogP contribution in [0.15, 0.2) is 0 Å². The van der Waals surface area contributed by atoms with Gasteiger partial charge in [-0.1, -0.05) is 0 Å². The SMILES string of the molecule is COC(=O)C(C)(S)C(=O)OC(C)(C)C. The summed E-state index contributed by atoms with van der Waals surface area (Å²) in [7, 11) is 1.20. The molecule has 0 aromatic heterocycles. The first-order valence-corrected chi connectivity index (χ1v) is 4.60. The maximum absolute atomic E-state index is 11.5. The number of hydrogen-bond donors (Lipinski definition) is 1. The van der Waals surface area contributed by atoms with Crippen LogP contribution in [0.25, 0.3) is 0 Å². The van der Waals surface area contributed by atoms with Crippen molar-refractivity contribution in [3.8, 4) is 0 Å². The lowest BCUT2D eigenvalue weighted by Crippen LogP contribution is -2.43. The number of rotatable bonds is 2. The predicted molar refractivity (Wildman–Crippen MR) is 55.3 cm³/mol. The van der Waals surface area contributed by atoms with E-state index < -0.39 is 22.3 Å². The van der Waals surface area contributed by atoms with E-state index in [1.54, 1.807) is 20.8 Å². The number of thiol groups is 1. The van der Waals surface area contributed by atoms with Crippen molar-refractivity contribution < 1.29 is 19.1 Å². The Balaban J connectivity index is 4.60. The molecule has 0 fully saturated rings. The molecule has 1 atom stereocenters. The third-order valence-corrected chi connectivity index (χ3v) is 1.74.